The molecule has 0 radical (unpaired) electrons. The summed E-state index contributed by atoms with van der Waals surface area (Å²) in [6.45, 7) is 1.31. The van der Waals surface area contributed by atoms with E-state index in [1.54, 1.807) is 0 Å². The predicted molar refractivity (Wildman–Crippen MR) is 107 cm³/mol. The van der Waals surface area contributed by atoms with Gasteiger partial charge >= 0.3 is 0 Å². The van der Waals surface area contributed by atoms with E-state index in [2.05, 4.69) is 10.3 Å². The molecule has 0 saturated heterocycles. The minimum atomic E-state index is -4.16. The number of hydrogen-bond acceptors (Lipinski definition) is 5. The number of carbonyl (C=O) groups excluding carboxylic acids is 1. The molecule has 1 saturated carbocycles. The number of methoxy groups -OCH3 is 1. The van der Waals surface area contributed by atoms with Gasteiger partial charge in [-0.25, -0.2) is 31.7 Å². The van der Waals surface area contributed by atoms with Gasteiger partial charge in [0.1, 0.15) is 0 Å². The van der Waals surface area contributed by atoms with Crippen LogP contribution in [0.3, 0.4) is 0 Å². The molecule has 3 N–H and O–H groups in total. The normalized spacial score (nSPS) is 22.9. The Hall–Kier alpha value is -2.73. The van der Waals surface area contributed by atoms with Crippen LogP contribution in [0, 0.1) is 23.5 Å². The number of sulfonamides is 1. The average molecular weight is 475 g/mol. The molecule has 1 fully saturated rings. The number of halogens is 4. The number of nitrogens with zero attached hydrogens (tertiary/aromatic N) is 1. The van der Waals surface area contributed by atoms with Gasteiger partial charge in [-0.05, 0) is 24.5 Å². The number of alkyl halides is 2. The van der Waals surface area contributed by atoms with E-state index in [9.17, 15) is 30.8 Å². The van der Waals surface area contributed by atoms with Crippen molar-refractivity contribution in [3.63, 3.8) is 0 Å². The lowest BCUT2D eigenvalue weighted by Gasteiger charge is -2.40. The van der Waals surface area contributed by atoms with Crippen LogP contribution in [0.1, 0.15) is 31.2 Å². The summed E-state index contributed by atoms with van der Waals surface area (Å²) in [5.41, 5.74) is 0.0702. The first kappa shape index (κ1) is 23.9. The van der Waals surface area contributed by atoms with E-state index in [0.717, 1.165) is 25.4 Å². The van der Waals surface area contributed by atoms with Gasteiger partial charge in [0.05, 0.1) is 13.0 Å². The molecule has 1 unspecified atom stereocenters. The highest BCUT2D eigenvalue weighted by Gasteiger charge is 2.50. The molecule has 174 valence electrons. The van der Waals surface area contributed by atoms with E-state index >= 15 is 0 Å². The van der Waals surface area contributed by atoms with Gasteiger partial charge in [0.15, 0.2) is 16.6 Å². The van der Waals surface area contributed by atoms with Crippen LogP contribution in [-0.4, -0.2) is 32.3 Å². The van der Waals surface area contributed by atoms with Gasteiger partial charge in [-0.15, -0.1) is 0 Å². The lowest BCUT2D eigenvalue weighted by atomic mass is 9.69. The molecule has 1 aliphatic carbocycles. The highest BCUT2D eigenvalue weighted by Crippen LogP contribution is 2.50. The number of amides is 1. The van der Waals surface area contributed by atoms with Crippen molar-refractivity contribution in [2.75, 3.05) is 12.4 Å². The number of nitrogens with two attached hydrogens (primary N) is 1. The quantitative estimate of drug-likeness (QED) is 0.644. The molecule has 1 amide bonds. The molecule has 1 aliphatic rings. The van der Waals surface area contributed by atoms with Gasteiger partial charge in [0, 0.05) is 35.9 Å². The van der Waals surface area contributed by atoms with Crippen LogP contribution in [0.5, 0.6) is 5.75 Å². The average Bonchev–Trinajstić information content (AvgIpc) is 2.71. The molecule has 12 heteroatoms. The maximum atomic E-state index is 14.5. The minimum Gasteiger partial charge on any atom is -0.493 e. The summed E-state index contributed by atoms with van der Waals surface area (Å²) in [5.74, 6) is -10.3. The second-order valence-electron chi connectivity index (χ2n) is 7.72. The Labute approximate surface area is 182 Å². The van der Waals surface area contributed by atoms with Crippen LogP contribution >= 0.6 is 0 Å². The van der Waals surface area contributed by atoms with Gasteiger partial charge in [0.25, 0.3) is 15.9 Å². The van der Waals surface area contributed by atoms with Crippen molar-refractivity contribution in [3.05, 3.63) is 47.7 Å². The van der Waals surface area contributed by atoms with Crippen molar-refractivity contribution in [2.45, 2.75) is 36.6 Å². The lowest BCUT2D eigenvalue weighted by Crippen LogP contribution is -2.43. The van der Waals surface area contributed by atoms with Crippen molar-refractivity contribution in [1.29, 1.82) is 0 Å². The fourth-order valence-corrected chi connectivity index (χ4v) is 4.40. The Morgan fingerprint density at radius 3 is 2.59 bits per heavy atom. The summed E-state index contributed by atoms with van der Waals surface area (Å²) in [6.07, 6.45) is 0.0496. The Morgan fingerprint density at radius 2 is 1.97 bits per heavy atom. The van der Waals surface area contributed by atoms with Crippen LogP contribution in [0.15, 0.2) is 35.5 Å². The first-order chi connectivity index (χ1) is 14.8. The zero-order chi connectivity index (χ0) is 23.8. The summed E-state index contributed by atoms with van der Waals surface area (Å²) in [4.78, 5) is 16.6. The van der Waals surface area contributed by atoms with Gasteiger partial charge in [-0.3, -0.25) is 4.79 Å². The topological polar surface area (TPSA) is 111 Å². The lowest BCUT2D eigenvalue weighted by molar-refractivity contribution is -0.136. The monoisotopic (exact) mass is 475 g/mol. The Morgan fingerprint density at radius 1 is 1.28 bits per heavy atom. The number of benzene rings is 1. The SMILES string of the molecule is COc1c(C2C[C@@H](C)C(F)(F)C[C@@H]2C(=O)Nc2ccnc(S(N)(=O)=O)c2)ccc(F)c1F. The van der Waals surface area contributed by atoms with Crippen molar-refractivity contribution >= 4 is 21.6 Å². The van der Waals surface area contributed by atoms with Crippen LogP contribution in [0.4, 0.5) is 23.2 Å². The zero-order valence-electron chi connectivity index (χ0n) is 17.1. The van der Waals surface area contributed by atoms with Gasteiger partial charge in [-0.2, -0.15) is 4.39 Å². The molecule has 1 heterocycles. The summed E-state index contributed by atoms with van der Waals surface area (Å²) in [7, 11) is -3.05. The maximum absolute atomic E-state index is 14.5. The van der Waals surface area contributed by atoms with Gasteiger partial charge in [-0.1, -0.05) is 13.0 Å². The Kier molecular flexibility index (Phi) is 6.47. The third-order valence-corrected chi connectivity index (χ3v) is 6.43. The highest BCUT2D eigenvalue weighted by molar-refractivity contribution is 7.89. The minimum absolute atomic E-state index is 0.0213. The third kappa shape index (κ3) is 4.70. The number of carbonyl (C=O) groups is 1. The van der Waals surface area contributed by atoms with Crippen molar-refractivity contribution in [1.82, 2.24) is 4.98 Å². The molecule has 3 rings (SSSR count). The van der Waals surface area contributed by atoms with E-state index in [1.165, 1.54) is 19.1 Å². The van der Waals surface area contributed by atoms with Crippen LogP contribution in [0.2, 0.25) is 0 Å². The maximum Gasteiger partial charge on any atom is 0.255 e. The van der Waals surface area contributed by atoms with Crippen LogP contribution in [0.25, 0.3) is 0 Å². The largest absolute Gasteiger partial charge is 0.493 e. The fraction of sp³-hybridized carbons (Fsp3) is 0.400. The molecule has 32 heavy (non-hydrogen) atoms. The molecule has 0 aliphatic heterocycles. The standard InChI is InChI=1S/C20H21F4N3O4S/c1-10-7-13(12-3-4-15(21)17(22)18(12)31-2)14(9-20(10,23)24)19(28)27-11-5-6-26-16(8-11)32(25,29)30/h3-6,8,10,13-14H,7,9H2,1-2H3,(H2,25,29,30)(H,26,27,28)/t10-,13?,14+/m1/s1. The van der Waals surface area contributed by atoms with E-state index < -0.39 is 68.4 Å². The molecule has 3 atom stereocenters. The molecular weight excluding hydrogens is 454 g/mol. The molecule has 1 aromatic carbocycles. The number of rotatable bonds is 5. The number of anilines is 1. The molecule has 2 aromatic rings. The predicted octanol–water partition coefficient (Wildman–Crippen LogP) is 3.42. The molecule has 0 bridgehead atoms. The molecule has 7 nitrogen and oxygen atoms in total. The highest BCUT2D eigenvalue weighted by atomic mass is 32.2. The second kappa shape index (κ2) is 8.66. The van der Waals surface area contributed by atoms with Crippen LogP contribution < -0.4 is 15.2 Å². The summed E-state index contributed by atoms with van der Waals surface area (Å²) < 4.78 is 84.9. The van der Waals surface area contributed by atoms with E-state index in [-0.39, 0.29) is 17.7 Å². The summed E-state index contributed by atoms with van der Waals surface area (Å²) >= 11 is 0. The van der Waals surface area contributed by atoms with E-state index in [1.807, 2.05) is 0 Å². The number of hydrogen-bond donors (Lipinski definition) is 2. The van der Waals surface area contributed by atoms with Gasteiger partial charge in [0.2, 0.25) is 11.7 Å². The van der Waals surface area contributed by atoms with Crippen LogP contribution in [-0.2, 0) is 14.8 Å². The summed E-state index contributed by atoms with van der Waals surface area (Å²) in [6, 6.07) is 4.32. The van der Waals surface area contributed by atoms with E-state index in [4.69, 9.17) is 9.88 Å². The molecule has 0 spiro atoms. The second-order valence-corrected chi connectivity index (χ2v) is 9.22. The smallest absolute Gasteiger partial charge is 0.255 e. The zero-order valence-corrected chi connectivity index (χ0v) is 17.9. The molecular formula is C20H21F4N3O4S. The number of nitrogens with one attached hydrogen (secondary N) is 1. The number of primary sulfonamides is 1. The summed E-state index contributed by atoms with van der Waals surface area (Å²) in [5, 5.41) is 6.91. The van der Waals surface area contributed by atoms with Crippen molar-refractivity contribution in [2.24, 2.45) is 17.0 Å². The van der Waals surface area contributed by atoms with Crippen molar-refractivity contribution in [3.8, 4) is 5.75 Å². The number of pyridine rings is 1. The van der Waals surface area contributed by atoms with Gasteiger partial charge < -0.3 is 10.1 Å². The Balaban J connectivity index is 2.00. The fourth-order valence-electron chi connectivity index (χ4n) is 3.90. The van der Waals surface area contributed by atoms with Crippen molar-refractivity contribution < 1.29 is 35.5 Å². The first-order valence-electron chi connectivity index (χ1n) is 9.54. The number of ether oxygens (including phenoxy) is 1. The number of aromatic nitrogens is 1. The third-order valence-electron chi connectivity index (χ3n) is 5.62. The molecule has 1 aromatic heterocycles. The Bertz CT molecular complexity index is 1140. The first-order valence-corrected chi connectivity index (χ1v) is 11.1. The van der Waals surface area contributed by atoms with E-state index in [0.29, 0.717) is 0 Å².